The van der Waals surface area contributed by atoms with Crippen molar-refractivity contribution >= 4 is 11.8 Å². The molecule has 2 N–H and O–H groups in total. The monoisotopic (exact) mass is 380 g/mol. The summed E-state index contributed by atoms with van der Waals surface area (Å²) in [7, 11) is 1.38. The minimum atomic E-state index is -0.600. The maximum absolute atomic E-state index is 12.2. The Bertz CT molecular complexity index is 497. The number of Topliss-reactive ketones (excluding diaryl/α,β-unsaturated/α-hetero) is 1. The smallest absolute Gasteiger partial charge is 0.305 e. The van der Waals surface area contributed by atoms with E-state index in [2.05, 4.69) is 11.7 Å². The van der Waals surface area contributed by atoms with Gasteiger partial charge in [0.25, 0.3) is 0 Å². The number of unbranched alkanes of at least 4 members (excludes halogenated alkanes) is 3. The molecular formula is C22H36O5. The van der Waals surface area contributed by atoms with Crippen LogP contribution in [0.15, 0.2) is 24.3 Å². The zero-order valence-corrected chi connectivity index (χ0v) is 16.8. The molecule has 5 nitrogen and oxygen atoms in total. The molecule has 0 radical (unpaired) electrons. The Hall–Kier alpha value is -1.46. The van der Waals surface area contributed by atoms with Gasteiger partial charge in [-0.15, -0.1) is 0 Å². The summed E-state index contributed by atoms with van der Waals surface area (Å²) in [5, 5.41) is 20.2. The SMILES string of the molecule is CCCCCC(O)/C=C/C[C@H]1[C@H](O)CC(=O)[C@@H]1C/C=C\CCCC(=O)OC. The predicted molar refractivity (Wildman–Crippen MR) is 106 cm³/mol. The molecule has 1 aliphatic rings. The lowest BCUT2D eigenvalue weighted by atomic mass is 9.88. The van der Waals surface area contributed by atoms with Crippen LogP contribution in [0, 0.1) is 11.8 Å². The van der Waals surface area contributed by atoms with E-state index in [1.54, 1.807) is 6.08 Å². The highest BCUT2D eigenvalue weighted by atomic mass is 16.5. The summed E-state index contributed by atoms with van der Waals surface area (Å²) in [5.74, 6) is -0.347. The van der Waals surface area contributed by atoms with Crippen LogP contribution in [0.1, 0.15) is 71.1 Å². The Balaban J connectivity index is 2.40. The molecule has 1 aliphatic carbocycles. The van der Waals surface area contributed by atoms with Crippen molar-refractivity contribution in [2.45, 2.75) is 83.3 Å². The van der Waals surface area contributed by atoms with Gasteiger partial charge >= 0.3 is 5.97 Å². The lowest BCUT2D eigenvalue weighted by Gasteiger charge is -2.18. The molecule has 0 amide bonds. The van der Waals surface area contributed by atoms with E-state index >= 15 is 0 Å². The number of aliphatic hydroxyl groups is 2. The van der Waals surface area contributed by atoms with E-state index in [-0.39, 0.29) is 30.0 Å². The summed E-state index contributed by atoms with van der Waals surface area (Å²) in [6, 6.07) is 0. The Morgan fingerprint density at radius 2 is 2.00 bits per heavy atom. The van der Waals surface area contributed by atoms with Crippen LogP contribution in [0.25, 0.3) is 0 Å². The van der Waals surface area contributed by atoms with E-state index in [1.165, 1.54) is 7.11 Å². The largest absolute Gasteiger partial charge is 0.469 e. The Kier molecular flexibility index (Phi) is 11.9. The maximum atomic E-state index is 12.2. The molecule has 1 saturated carbocycles. The van der Waals surface area contributed by atoms with Crippen LogP contribution < -0.4 is 0 Å². The van der Waals surface area contributed by atoms with Crippen molar-refractivity contribution in [1.29, 1.82) is 0 Å². The van der Waals surface area contributed by atoms with Gasteiger partial charge in [0.1, 0.15) is 5.78 Å². The van der Waals surface area contributed by atoms with Crippen LogP contribution in [0.3, 0.4) is 0 Å². The van der Waals surface area contributed by atoms with Crippen LogP contribution >= 0.6 is 0 Å². The highest BCUT2D eigenvalue weighted by Crippen LogP contribution is 2.34. The van der Waals surface area contributed by atoms with Crippen LogP contribution in [-0.2, 0) is 14.3 Å². The average molecular weight is 381 g/mol. The summed E-state index contributed by atoms with van der Waals surface area (Å²) in [6.07, 6.45) is 14.0. The van der Waals surface area contributed by atoms with Crippen LogP contribution in [0.2, 0.25) is 0 Å². The number of ketones is 1. The van der Waals surface area contributed by atoms with Crippen LogP contribution in [-0.4, -0.2) is 41.3 Å². The first kappa shape index (κ1) is 23.6. The molecule has 154 valence electrons. The highest BCUT2D eigenvalue weighted by Gasteiger charge is 2.39. The number of esters is 1. The number of ether oxygens (including phenoxy) is 1. The van der Waals surface area contributed by atoms with Gasteiger partial charge in [-0.3, -0.25) is 9.59 Å². The molecule has 1 fully saturated rings. The van der Waals surface area contributed by atoms with Crippen LogP contribution in [0.5, 0.6) is 0 Å². The zero-order chi connectivity index (χ0) is 20.1. The fourth-order valence-corrected chi connectivity index (χ4v) is 3.56. The summed E-state index contributed by atoms with van der Waals surface area (Å²) < 4.78 is 4.60. The molecule has 0 aromatic rings. The maximum Gasteiger partial charge on any atom is 0.305 e. The van der Waals surface area contributed by atoms with E-state index in [9.17, 15) is 19.8 Å². The van der Waals surface area contributed by atoms with E-state index < -0.39 is 12.2 Å². The molecular weight excluding hydrogens is 344 g/mol. The summed E-state index contributed by atoms with van der Waals surface area (Å²) >= 11 is 0. The number of rotatable bonds is 13. The molecule has 0 aromatic carbocycles. The minimum absolute atomic E-state index is 0.0867. The molecule has 0 bridgehead atoms. The van der Waals surface area contributed by atoms with Crippen molar-refractivity contribution in [1.82, 2.24) is 0 Å². The Morgan fingerprint density at radius 3 is 2.70 bits per heavy atom. The van der Waals surface area contributed by atoms with Crippen molar-refractivity contribution in [2.24, 2.45) is 11.8 Å². The minimum Gasteiger partial charge on any atom is -0.469 e. The molecule has 0 heterocycles. The fourth-order valence-electron chi connectivity index (χ4n) is 3.56. The highest BCUT2D eigenvalue weighted by molar-refractivity contribution is 5.84. The van der Waals surface area contributed by atoms with Gasteiger partial charge in [0.15, 0.2) is 0 Å². The van der Waals surface area contributed by atoms with Gasteiger partial charge in [0.2, 0.25) is 0 Å². The lowest BCUT2D eigenvalue weighted by molar-refractivity contribution is -0.140. The third-order valence-corrected chi connectivity index (χ3v) is 5.24. The number of allylic oxidation sites excluding steroid dienone is 3. The summed E-state index contributed by atoms with van der Waals surface area (Å²) in [6.45, 7) is 2.13. The predicted octanol–water partition coefficient (Wildman–Crippen LogP) is 3.73. The van der Waals surface area contributed by atoms with Gasteiger partial charge in [-0.05, 0) is 38.0 Å². The molecule has 1 rings (SSSR count). The third kappa shape index (κ3) is 9.34. The van der Waals surface area contributed by atoms with E-state index in [1.807, 2.05) is 18.2 Å². The van der Waals surface area contributed by atoms with Gasteiger partial charge in [-0.25, -0.2) is 0 Å². The molecule has 1 unspecified atom stereocenters. The van der Waals surface area contributed by atoms with Gasteiger partial charge in [-0.2, -0.15) is 0 Å². The Morgan fingerprint density at radius 1 is 1.22 bits per heavy atom. The second-order valence-electron chi connectivity index (χ2n) is 7.41. The topological polar surface area (TPSA) is 83.8 Å². The van der Waals surface area contributed by atoms with Crippen molar-refractivity contribution < 1.29 is 24.5 Å². The van der Waals surface area contributed by atoms with Gasteiger partial charge in [0, 0.05) is 18.8 Å². The third-order valence-electron chi connectivity index (χ3n) is 5.24. The number of hydrogen-bond acceptors (Lipinski definition) is 5. The quantitative estimate of drug-likeness (QED) is 0.289. The number of aliphatic hydroxyl groups excluding tert-OH is 2. The second kappa shape index (κ2) is 13.7. The number of hydrogen-bond donors (Lipinski definition) is 2. The standard InChI is InChI=1S/C22H36O5/c1-3-4-7-11-17(23)12-10-14-19-18(20(24)16-21(19)25)13-8-5-6-9-15-22(26)27-2/h5,8,10,12,17-19,21,23,25H,3-4,6-7,9,11,13-16H2,1-2H3/b8-5-,12-10+/t17?,18-,19-,21-/m1/s1. The molecule has 27 heavy (non-hydrogen) atoms. The molecule has 0 saturated heterocycles. The summed E-state index contributed by atoms with van der Waals surface area (Å²) in [5.41, 5.74) is 0. The first-order valence-corrected chi connectivity index (χ1v) is 10.3. The van der Waals surface area contributed by atoms with Crippen molar-refractivity contribution in [2.75, 3.05) is 7.11 Å². The number of methoxy groups -OCH3 is 1. The van der Waals surface area contributed by atoms with Gasteiger partial charge in [0.05, 0.1) is 19.3 Å². The van der Waals surface area contributed by atoms with E-state index in [4.69, 9.17) is 0 Å². The van der Waals surface area contributed by atoms with Gasteiger partial charge < -0.3 is 14.9 Å². The van der Waals surface area contributed by atoms with Crippen molar-refractivity contribution in [3.05, 3.63) is 24.3 Å². The molecule has 0 aliphatic heterocycles. The van der Waals surface area contributed by atoms with E-state index in [0.717, 1.165) is 38.5 Å². The normalized spacial score (nSPS) is 24.1. The molecule has 4 atom stereocenters. The number of carbonyl (C=O) groups excluding carboxylic acids is 2. The summed E-state index contributed by atoms with van der Waals surface area (Å²) in [4.78, 5) is 23.2. The van der Waals surface area contributed by atoms with E-state index in [0.29, 0.717) is 19.3 Å². The van der Waals surface area contributed by atoms with Crippen molar-refractivity contribution in [3.8, 4) is 0 Å². The lowest BCUT2D eigenvalue weighted by Crippen LogP contribution is -2.19. The van der Waals surface area contributed by atoms with Crippen LogP contribution in [0.4, 0.5) is 0 Å². The molecule has 5 heteroatoms. The molecule has 0 aromatic heterocycles. The average Bonchev–Trinajstić information content (AvgIpc) is 2.91. The first-order valence-electron chi connectivity index (χ1n) is 10.3. The van der Waals surface area contributed by atoms with Gasteiger partial charge in [-0.1, -0.05) is 50.5 Å². The molecule has 0 spiro atoms. The number of carbonyl (C=O) groups is 2. The van der Waals surface area contributed by atoms with Crippen molar-refractivity contribution in [3.63, 3.8) is 0 Å². The second-order valence-corrected chi connectivity index (χ2v) is 7.41. The fraction of sp³-hybridized carbons (Fsp3) is 0.727. The Labute approximate surface area is 163 Å². The first-order chi connectivity index (χ1) is 13.0. The zero-order valence-electron chi connectivity index (χ0n) is 16.8.